The summed E-state index contributed by atoms with van der Waals surface area (Å²) in [6.45, 7) is 11.3. The fourth-order valence-electron chi connectivity index (χ4n) is 2.53. The predicted octanol–water partition coefficient (Wildman–Crippen LogP) is 3.28. The Morgan fingerprint density at radius 3 is 2.38 bits per heavy atom. The number of carbonyl (C=O) groups excluding carboxylic acids is 1. The lowest BCUT2D eigenvalue weighted by Crippen LogP contribution is -2.48. The summed E-state index contributed by atoms with van der Waals surface area (Å²) in [5.41, 5.74) is 1.28. The Bertz CT molecular complexity index is 530. The Kier molecular flexibility index (Phi) is 4.59. The standard InChI is InChI=1S/C16H23ClN2O2/c1-10-8-19(9-11(2)21-10)15(20)12-6-13(16(3,4)5)18-14(17)7-12/h6-7,10-11H,8-9H2,1-5H3. The summed E-state index contributed by atoms with van der Waals surface area (Å²) in [6.07, 6.45) is 0.106. The highest BCUT2D eigenvalue weighted by molar-refractivity contribution is 6.29. The van der Waals surface area contributed by atoms with Crippen molar-refractivity contribution in [3.63, 3.8) is 0 Å². The Hall–Kier alpha value is -1.13. The zero-order valence-electron chi connectivity index (χ0n) is 13.3. The van der Waals surface area contributed by atoms with Crippen molar-refractivity contribution in [1.82, 2.24) is 9.88 Å². The van der Waals surface area contributed by atoms with Gasteiger partial charge in [0.2, 0.25) is 0 Å². The van der Waals surface area contributed by atoms with Gasteiger partial charge in [0.25, 0.3) is 5.91 Å². The fraction of sp³-hybridized carbons (Fsp3) is 0.625. The van der Waals surface area contributed by atoms with E-state index < -0.39 is 0 Å². The Morgan fingerprint density at radius 1 is 1.29 bits per heavy atom. The van der Waals surface area contributed by atoms with E-state index in [-0.39, 0.29) is 23.5 Å². The number of halogens is 1. The van der Waals surface area contributed by atoms with Crippen LogP contribution in [0.3, 0.4) is 0 Å². The molecule has 2 rings (SSSR count). The van der Waals surface area contributed by atoms with Gasteiger partial charge in [0.05, 0.1) is 12.2 Å². The van der Waals surface area contributed by atoms with Crippen molar-refractivity contribution in [3.8, 4) is 0 Å². The molecule has 2 unspecified atom stereocenters. The highest BCUT2D eigenvalue weighted by Crippen LogP contribution is 2.24. The number of hydrogen-bond donors (Lipinski definition) is 0. The van der Waals surface area contributed by atoms with Crippen molar-refractivity contribution in [2.24, 2.45) is 0 Å². The highest BCUT2D eigenvalue weighted by atomic mass is 35.5. The maximum atomic E-state index is 12.7. The van der Waals surface area contributed by atoms with Crippen molar-refractivity contribution < 1.29 is 9.53 Å². The largest absolute Gasteiger partial charge is 0.372 e. The van der Waals surface area contributed by atoms with Crippen LogP contribution < -0.4 is 0 Å². The SMILES string of the molecule is CC1CN(C(=O)c2cc(Cl)nc(C(C)(C)C)c2)CC(C)O1. The van der Waals surface area contributed by atoms with E-state index in [1.165, 1.54) is 0 Å². The summed E-state index contributed by atoms with van der Waals surface area (Å²) in [5.74, 6) is -0.00759. The van der Waals surface area contributed by atoms with Crippen LogP contribution in [0.4, 0.5) is 0 Å². The van der Waals surface area contributed by atoms with Crippen molar-refractivity contribution in [1.29, 1.82) is 0 Å². The first-order valence-electron chi connectivity index (χ1n) is 7.29. The van der Waals surface area contributed by atoms with E-state index >= 15 is 0 Å². The molecule has 116 valence electrons. The van der Waals surface area contributed by atoms with Crippen LogP contribution in [0.2, 0.25) is 5.15 Å². The van der Waals surface area contributed by atoms with Crippen LogP contribution in [0.15, 0.2) is 12.1 Å². The topological polar surface area (TPSA) is 42.4 Å². The Morgan fingerprint density at radius 2 is 1.86 bits per heavy atom. The van der Waals surface area contributed by atoms with E-state index in [2.05, 4.69) is 25.8 Å². The third-order valence-corrected chi connectivity index (χ3v) is 3.71. The molecule has 21 heavy (non-hydrogen) atoms. The molecule has 0 aliphatic carbocycles. The van der Waals surface area contributed by atoms with Crippen LogP contribution in [-0.2, 0) is 10.2 Å². The van der Waals surface area contributed by atoms with Gasteiger partial charge in [0.15, 0.2) is 0 Å². The number of aromatic nitrogens is 1. The van der Waals surface area contributed by atoms with Gasteiger partial charge in [-0.3, -0.25) is 4.79 Å². The number of pyridine rings is 1. The minimum atomic E-state index is -0.147. The third-order valence-electron chi connectivity index (χ3n) is 3.52. The molecule has 2 heterocycles. The van der Waals surface area contributed by atoms with Crippen molar-refractivity contribution >= 4 is 17.5 Å². The van der Waals surface area contributed by atoms with Crippen LogP contribution >= 0.6 is 11.6 Å². The highest BCUT2D eigenvalue weighted by Gasteiger charge is 2.28. The van der Waals surface area contributed by atoms with E-state index in [4.69, 9.17) is 16.3 Å². The number of ether oxygens (including phenoxy) is 1. The second-order valence-electron chi connectivity index (χ2n) is 6.78. The van der Waals surface area contributed by atoms with Gasteiger partial charge in [-0.1, -0.05) is 32.4 Å². The number of hydrogen-bond acceptors (Lipinski definition) is 3. The first-order valence-corrected chi connectivity index (χ1v) is 7.67. The number of nitrogens with zero attached hydrogens (tertiary/aromatic N) is 2. The quantitative estimate of drug-likeness (QED) is 0.748. The van der Waals surface area contributed by atoms with Gasteiger partial charge < -0.3 is 9.64 Å². The molecular formula is C16H23ClN2O2. The molecule has 1 aromatic heterocycles. The number of amides is 1. The van der Waals surface area contributed by atoms with E-state index in [1.54, 1.807) is 6.07 Å². The van der Waals surface area contributed by atoms with Gasteiger partial charge in [-0.15, -0.1) is 0 Å². The van der Waals surface area contributed by atoms with Gasteiger partial charge in [-0.05, 0) is 26.0 Å². The molecule has 0 N–H and O–H groups in total. The molecule has 0 saturated carbocycles. The van der Waals surface area contributed by atoms with Crippen molar-refractivity contribution in [2.45, 2.75) is 52.2 Å². The zero-order chi connectivity index (χ0) is 15.8. The molecule has 1 aromatic rings. The summed E-state index contributed by atoms with van der Waals surface area (Å²) in [5, 5.41) is 0.361. The number of rotatable bonds is 1. The number of carbonyl (C=O) groups is 1. The van der Waals surface area contributed by atoms with Gasteiger partial charge in [-0.2, -0.15) is 0 Å². The van der Waals surface area contributed by atoms with Crippen molar-refractivity contribution in [2.75, 3.05) is 13.1 Å². The molecule has 2 atom stereocenters. The lowest BCUT2D eigenvalue weighted by molar-refractivity contribution is -0.0586. The first-order chi connectivity index (χ1) is 9.66. The average molecular weight is 311 g/mol. The summed E-state index contributed by atoms with van der Waals surface area (Å²) in [4.78, 5) is 18.9. The molecular weight excluding hydrogens is 288 g/mol. The zero-order valence-corrected chi connectivity index (χ0v) is 14.1. The maximum absolute atomic E-state index is 12.7. The van der Waals surface area contributed by atoms with Crippen molar-refractivity contribution in [3.05, 3.63) is 28.5 Å². The number of morpholine rings is 1. The fourth-order valence-corrected chi connectivity index (χ4v) is 2.74. The molecule has 1 aliphatic heterocycles. The summed E-state index contributed by atoms with van der Waals surface area (Å²) < 4.78 is 5.67. The molecule has 1 saturated heterocycles. The molecule has 1 amide bonds. The van der Waals surface area contributed by atoms with Gasteiger partial charge >= 0.3 is 0 Å². The van der Waals surface area contributed by atoms with E-state index in [0.717, 1.165) is 5.69 Å². The summed E-state index contributed by atoms with van der Waals surface area (Å²) in [7, 11) is 0. The van der Waals surface area contributed by atoms with E-state index in [0.29, 0.717) is 23.8 Å². The van der Waals surface area contributed by atoms with Crippen LogP contribution in [0.5, 0.6) is 0 Å². The second-order valence-corrected chi connectivity index (χ2v) is 7.17. The third kappa shape index (κ3) is 3.95. The maximum Gasteiger partial charge on any atom is 0.254 e. The van der Waals surface area contributed by atoms with Crippen LogP contribution in [-0.4, -0.2) is 41.1 Å². The van der Waals surface area contributed by atoms with E-state index in [9.17, 15) is 4.79 Å². The molecule has 0 aromatic carbocycles. The molecule has 5 heteroatoms. The molecule has 1 fully saturated rings. The van der Waals surface area contributed by atoms with Crippen LogP contribution in [0.25, 0.3) is 0 Å². The lowest BCUT2D eigenvalue weighted by atomic mass is 9.90. The van der Waals surface area contributed by atoms with Gasteiger partial charge in [-0.25, -0.2) is 4.98 Å². The Balaban J connectivity index is 2.29. The molecule has 0 spiro atoms. The first kappa shape index (κ1) is 16.2. The van der Waals surface area contributed by atoms with E-state index in [1.807, 2.05) is 24.8 Å². The van der Waals surface area contributed by atoms with Gasteiger partial charge in [0.1, 0.15) is 5.15 Å². The minimum absolute atomic E-state index is 0.00759. The smallest absolute Gasteiger partial charge is 0.254 e. The van der Waals surface area contributed by atoms with Gasteiger partial charge in [0, 0.05) is 29.8 Å². The lowest BCUT2D eigenvalue weighted by Gasteiger charge is -2.35. The molecule has 0 radical (unpaired) electrons. The van der Waals surface area contributed by atoms with Crippen LogP contribution in [0.1, 0.15) is 50.7 Å². The summed E-state index contributed by atoms with van der Waals surface area (Å²) in [6, 6.07) is 3.49. The molecule has 4 nitrogen and oxygen atoms in total. The minimum Gasteiger partial charge on any atom is -0.372 e. The Labute approximate surface area is 131 Å². The predicted molar refractivity (Wildman–Crippen MR) is 83.9 cm³/mol. The monoisotopic (exact) mass is 310 g/mol. The summed E-state index contributed by atoms with van der Waals surface area (Å²) >= 11 is 6.09. The molecule has 1 aliphatic rings. The second kappa shape index (κ2) is 5.93. The average Bonchev–Trinajstić information content (AvgIpc) is 2.35. The normalized spacial score (nSPS) is 23.2. The van der Waals surface area contributed by atoms with Crippen LogP contribution in [0, 0.1) is 0 Å². The molecule has 0 bridgehead atoms.